The monoisotopic (exact) mass is 236 g/mol. The van der Waals surface area contributed by atoms with Gasteiger partial charge < -0.3 is 5.32 Å². The van der Waals surface area contributed by atoms with Gasteiger partial charge in [0.2, 0.25) is 0 Å². The van der Waals surface area contributed by atoms with Crippen molar-refractivity contribution in [3.05, 3.63) is 16.1 Å². The highest BCUT2D eigenvalue weighted by atomic mass is 32.1. The Hall–Kier alpha value is -0.410. The van der Waals surface area contributed by atoms with Crippen LogP contribution in [0, 0.1) is 18.8 Å². The second-order valence-electron chi connectivity index (χ2n) is 5.34. The maximum Gasteiger partial charge on any atom is 0.0897 e. The third-order valence-corrected chi connectivity index (χ3v) is 5.01. The first-order valence-corrected chi connectivity index (χ1v) is 7.33. The van der Waals surface area contributed by atoms with Crippen LogP contribution in [0.1, 0.15) is 36.4 Å². The summed E-state index contributed by atoms with van der Waals surface area (Å²) >= 11 is 1.76. The first-order chi connectivity index (χ1) is 7.81. The van der Waals surface area contributed by atoms with Gasteiger partial charge in [-0.05, 0) is 38.0 Å². The van der Waals surface area contributed by atoms with Crippen molar-refractivity contribution in [3.8, 4) is 0 Å². The number of thiazole rings is 1. The second kappa shape index (κ2) is 4.46. The van der Waals surface area contributed by atoms with Crippen LogP contribution in [0.2, 0.25) is 0 Å². The molecule has 2 nitrogen and oxygen atoms in total. The quantitative estimate of drug-likeness (QED) is 0.869. The standard InChI is InChI=1S/C13H20N2S/c1-9-15-12(8-16-9)4-5-14-13-7-10-2-3-11(13)6-10/h8,10-11,13-14H,2-7H2,1H3. The van der Waals surface area contributed by atoms with Gasteiger partial charge in [0.15, 0.2) is 0 Å². The summed E-state index contributed by atoms with van der Waals surface area (Å²) < 4.78 is 0. The van der Waals surface area contributed by atoms with Crippen LogP contribution >= 0.6 is 11.3 Å². The molecule has 0 saturated heterocycles. The Kier molecular flexibility index (Phi) is 2.99. The first kappa shape index (κ1) is 10.7. The number of hydrogen-bond donors (Lipinski definition) is 1. The van der Waals surface area contributed by atoms with Gasteiger partial charge >= 0.3 is 0 Å². The van der Waals surface area contributed by atoms with Crippen molar-refractivity contribution in [2.75, 3.05) is 6.54 Å². The van der Waals surface area contributed by atoms with E-state index in [0.717, 1.165) is 30.8 Å². The molecule has 2 fully saturated rings. The fourth-order valence-corrected chi connectivity index (χ4v) is 4.05. The third kappa shape index (κ3) is 2.16. The molecule has 3 atom stereocenters. The van der Waals surface area contributed by atoms with Crippen molar-refractivity contribution in [1.29, 1.82) is 0 Å². The van der Waals surface area contributed by atoms with Crippen LogP contribution in [0.4, 0.5) is 0 Å². The smallest absolute Gasteiger partial charge is 0.0897 e. The van der Waals surface area contributed by atoms with E-state index in [2.05, 4.69) is 22.6 Å². The third-order valence-electron chi connectivity index (χ3n) is 4.19. The number of aryl methyl sites for hydroxylation is 1. The molecule has 3 unspecified atom stereocenters. The summed E-state index contributed by atoms with van der Waals surface area (Å²) in [6.45, 7) is 3.19. The van der Waals surface area contributed by atoms with E-state index in [1.807, 2.05) is 0 Å². The molecule has 2 aliphatic carbocycles. The van der Waals surface area contributed by atoms with Crippen LogP contribution in [0.15, 0.2) is 5.38 Å². The predicted octanol–water partition coefficient (Wildman–Crippen LogP) is 2.77. The Balaban J connectivity index is 1.44. The lowest BCUT2D eigenvalue weighted by atomic mass is 9.95. The molecule has 1 heterocycles. The fourth-order valence-electron chi connectivity index (χ4n) is 3.40. The highest BCUT2D eigenvalue weighted by Gasteiger charge is 2.38. The lowest BCUT2D eigenvalue weighted by molar-refractivity contribution is 0.354. The van der Waals surface area contributed by atoms with E-state index in [1.54, 1.807) is 11.3 Å². The van der Waals surface area contributed by atoms with Gasteiger partial charge in [0.05, 0.1) is 10.7 Å². The van der Waals surface area contributed by atoms with E-state index >= 15 is 0 Å². The van der Waals surface area contributed by atoms with E-state index in [1.165, 1.54) is 36.4 Å². The van der Waals surface area contributed by atoms with E-state index in [9.17, 15) is 0 Å². The maximum atomic E-state index is 4.50. The average molecular weight is 236 g/mol. The lowest BCUT2D eigenvalue weighted by Gasteiger charge is -2.22. The van der Waals surface area contributed by atoms with Gasteiger partial charge in [-0.15, -0.1) is 11.3 Å². The SMILES string of the molecule is Cc1nc(CCNC2CC3CCC2C3)cs1. The highest BCUT2D eigenvalue weighted by Crippen LogP contribution is 2.44. The fraction of sp³-hybridized carbons (Fsp3) is 0.769. The summed E-state index contributed by atoms with van der Waals surface area (Å²) in [6, 6.07) is 0.818. The summed E-state index contributed by atoms with van der Waals surface area (Å²) in [4.78, 5) is 4.50. The number of fused-ring (bicyclic) bond motifs is 2. The number of nitrogens with zero attached hydrogens (tertiary/aromatic N) is 1. The van der Waals surface area contributed by atoms with Crippen molar-refractivity contribution in [2.45, 2.75) is 45.1 Å². The van der Waals surface area contributed by atoms with E-state index in [-0.39, 0.29) is 0 Å². The van der Waals surface area contributed by atoms with Crippen molar-refractivity contribution in [2.24, 2.45) is 11.8 Å². The van der Waals surface area contributed by atoms with Crippen molar-refractivity contribution in [3.63, 3.8) is 0 Å². The summed E-state index contributed by atoms with van der Waals surface area (Å²) in [5.74, 6) is 2.03. The normalized spacial score (nSPS) is 32.4. The summed E-state index contributed by atoms with van der Waals surface area (Å²) in [5, 5.41) is 7.12. The molecule has 0 aromatic carbocycles. The van der Waals surface area contributed by atoms with Crippen LogP contribution in [0.3, 0.4) is 0 Å². The summed E-state index contributed by atoms with van der Waals surface area (Å²) in [7, 11) is 0. The van der Waals surface area contributed by atoms with Crippen molar-refractivity contribution in [1.82, 2.24) is 10.3 Å². The van der Waals surface area contributed by atoms with Gasteiger partial charge in [0, 0.05) is 24.4 Å². The average Bonchev–Trinajstić information content (AvgIpc) is 2.94. The molecule has 0 amide bonds. The topological polar surface area (TPSA) is 24.9 Å². The molecule has 0 radical (unpaired) electrons. The van der Waals surface area contributed by atoms with Crippen molar-refractivity contribution >= 4 is 11.3 Å². The van der Waals surface area contributed by atoms with E-state index in [4.69, 9.17) is 0 Å². The summed E-state index contributed by atoms with van der Waals surface area (Å²) in [5.41, 5.74) is 1.26. The molecule has 88 valence electrons. The molecular weight excluding hydrogens is 216 g/mol. The minimum absolute atomic E-state index is 0.818. The molecule has 1 aromatic rings. The Morgan fingerprint density at radius 1 is 1.44 bits per heavy atom. The summed E-state index contributed by atoms with van der Waals surface area (Å²) in [6.07, 6.45) is 6.98. The van der Waals surface area contributed by atoms with Crippen LogP contribution < -0.4 is 5.32 Å². The molecule has 1 N–H and O–H groups in total. The maximum absolute atomic E-state index is 4.50. The number of hydrogen-bond acceptors (Lipinski definition) is 3. The number of nitrogens with one attached hydrogen (secondary N) is 1. The van der Waals surface area contributed by atoms with Crippen LogP contribution in [-0.4, -0.2) is 17.6 Å². The molecule has 2 aliphatic rings. The van der Waals surface area contributed by atoms with Gasteiger partial charge in [0.1, 0.15) is 0 Å². The first-order valence-electron chi connectivity index (χ1n) is 6.45. The van der Waals surface area contributed by atoms with Crippen LogP contribution in [0.5, 0.6) is 0 Å². The minimum Gasteiger partial charge on any atom is -0.313 e. The number of rotatable bonds is 4. The molecular formula is C13H20N2S. The molecule has 0 aliphatic heterocycles. The highest BCUT2D eigenvalue weighted by molar-refractivity contribution is 7.09. The van der Waals surface area contributed by atoms with Gasteiger partial charge in [-0.25, -0.2) is 4.98 Å². The molecule has 16 heavy (non-hydrogen) atoms. The Morgan fingerprint density at radius 2 is 2.38 bits per heavy atom. The van der Waals surface area contributed by atoms with E-state index < -0.39 is 0 Å². The van der Waals surface area contributed by atoms with Crippen LogP contribution in [-0.2, 0) is 6.42 Å². The van der Waals surface area contributed by atoms with Gasteiger partial charge in [-0.1, -0.05) is 6.42 Å². The van der Waals surface area contributed by atoms with Crippen LogP contribution in [0.25, 0.3) is 0 Å². The zero-order valence-corrected chi connectivity index (χ0v) is 10.7. The van der Waals surface area contributed by atoms with Crippen molar-refractivity contribution < 1.29 is 0 Å². The van der Waals surface area contributed by atoms with E-state index in [0.29, 0.717) is 0 Å². The predicted molar refractivity (Wildman–Crippen MR) is 67.8 cm³/mol. The minimum atomic E-state index is 0.818. The zero-order valence-electron chi connectivity index (χ0n) is 9.91. The molecule has 3 heteroatoms. The lowest BCUT2D eigenvalue weighted by Crippen LogP contribution is -2.35. The Labute approximate surface area is 101 Å². The van der Waals surface area contributed by atoms with Gasteiger partial charge in [0.25, 0.3) is 0 Å². The largest absolute Gasteiger partial charge is 0.313 e. The zero-order chi connectivity index (χ0) is 11.0. The Bertz CT molecular complexity index is 361. The van der Waals surface area contributed by atoms with Gasteiger partial charge in [-0.3, -0.25) is 0 Å². The number of aromatic nitrogens is 1. The molecule has 2 bridgehead atoms. The molecule has 3 rings (SSSR count). The molecule has 0 spiro atoms. The molecule has 1 aromatic heterocycles. The van der Waals surface area contributed by atoms with Gasteiger partial charge in [-0.2, -0.15) is 0 Å². The molecule has 2 saturated carbocycles. The second-order valence-corrected chi connectivity index (χ2v) is 6.41. The Morgan fingerprint density at radius 3 is 3.00 bits per heavy atom.